The third-order valence-electron chi connectivity index (χ3n) is 2.14. The Balaban J connectivity index is 2.49. The highest BCUT2D eigenvalue weighted by atomic mass is 16.4. The summed E-state index contributed by atoms with van der Waals surface area (Å²) in [5.41, 5.74) is 0.805. The van der Waals surface area contributed by atoms with Gasteiger partial charge in [0.05, 0.1) is 5.56 Å². The quantitative estimate of drug-likeness (QED) is 0.767. The minimum Gasteiger partial charge on any atom is -0.478 e. The first-order chi connectivity index (χ1) is 8.28. The molecule has 0 aliphatic carbocycles. The van der Waals surface area contributed by atoms with Crippen LogP contribution in [0.5, 0.6) is 0 Å². The SMILES string of the molecule is CC(C)(C)NC(=O)NCc1ccc(C(=O)O)cc1. The second kappa shape index (κ2) is 5.53. The van der Waals surface area contributed by atoms with Crippen molar-refractivity contribution in [1.82, 2.24) is 10.6 Å². The Morgan fingerprint density at radius 2 is 1.72 bits per heavy atom. The van der Waals surface area contributed by atoms with E-state index < -0.39 is 5.97 Å². The molecule has 0 unspecified atom stereocenters. The molecule has 0 fully saturated rings. The molecule has 5 heteroatoms. The van der Waals surface area contributed by atoms with Crippen LogP contribution in [-0.4, -0.2) is 22.6 Å². The minimum absolute atomic E-state index is 0.234. The van der Waals surface area contributed by atoms with Crippen molar-refractivity contribution in [2.24, 2.45) is 0 Å². The molecule has 0 radical (unpaired) electrons. The van der Waals surface area contributed by atoms with E-state index >= 15 is 0 Å². The van der Waals surface area contributed by atoms with E-state index in [1.165, 1.54) is 12.1 Å². The van der Waals surface area contributed by atoms with E-state index in [1.54, 1.807) is 12.1 Å². The van der Waals surface area contributed by atoms with E-state index in [0.29, 0.717) is 6.54 Å². The molecule has 0 aromatic heterocycles. The molecule has 1 rings (SSSR count). The van der Waals surface area contributed by atoms with Crippen LogP contribution in [-0.2, 0) is 6.54 Å². The monoisotopic (exact) mass is 250 g/mol. The Hall–Kier alpha value is -2.04. The van der Waals surface area contributed by atoms with Gasteiger partial charge >= 0.3 is 12.0 Å². The van der Waals surface area contributed by atoms with Crippen LogP contribution >= 0.6 is 0 Å². The van der Waals surface area contributed by atoms with Crippen molar-refractivity contribution >= 4 is 12.0 Å². The number of amides is 2. The number of benzene rings is 1. The molecule has 2 amide bonds. The summed E-state index contributed by atoms with van der Waals surface area (Å²) in [6.45, 7) is 6.05. The maximum atomic E-state index is 11.5. The number of carboxylic acid groups (broad SMARTS) is 1. The first kappa shape index (κ1) is 14.0. The third kappa shape index (κ3) is 4.86. The van der Waals surface area contributed by atoms with Gasteiger partial charge in [0.2, 0.25) is 0 Å². The van der Waals surface area contributed by atoms with Gasteiger partial charge in [0.1, 0.15) is 0 Å². The maximum absolute atomic E-state index is 11.5. The van der Waals surface area contributed by atoms with Crippen LogP contribution in [0.4, 0.5) is 4.79 Å². The molecule has 5 nitrogen and oxygen atoms in total. The summed E-state index contributed by atoms with van der Waals surface area (Å²) in [5, 5.41) is 14.2. The highest BCUT2D eigenvalue weighted by molar-refractivity contribution is 5.87. The van der Waals surface area contributed by atoms with Crippen molar-refractivity contribution in [2.45, 2.75) is 32.9 Å². The number of hydrogen-bond donors (Lipinski definition) is 3. The van der Waals surface area contributed by atoms with Crippen LogP contribution in [0.15, 0.2) is 24.3 Å². The average Bonchev–Trinajstić information content (AvgIpc) is 2.24. The predicted octanol–water partition coefficient (Wildman–Crippen LogP) is 1.98. The van der Waals surface area contributed by atoms with Gasteiger partial charge in [-0.05, 0) is 38.5 Å². The van der Waals surface area contributed by atoms with Gasteiger partial charge in [-0.25, -0.2) is 9.59 Å². The summed E-state index contributed by atoms with van der Waals surface area (Å²) in [4.78, 5) is 22.1. The van der Waals surface area contributed by atoms with E-state index in [1.807, 2.05) is 20.8 Å². The van der Waals surface area contributed by atoms with E-state index in [4.69, 9.17) is 5.11 Å². The lowest BCUT2D eigenvalue weighted by molar-refractivity contribution is 0.0697. The largest absolute Gasteiger partial charge is 0.478 e. The maximum Gasteiger partial charge on any atom is 0.335 e. The molecular formula is C13H18N2O3. The lowest BCUT2D eigenvalue weighted by atomic mass is 10.1. The molecule has 18 heavy (non-hydrogen) atoms. The number of urea groups is 1. The predicted molar refractivity (Wildman–Crippen MR) is 68.5 cm³/mol. The molecule has 0 atom stereocenters. The van der Waals surface area contributed by atoms with Gasteiger partial charge in [-0.2, -0.15) is 0 Å². The zero-order chi connectivity index (χ0) is 13.8. The second-order valence-corrected chi connectivity index (χ2v) is 5.06. The molecule has 0 bridgehead atoms. The van der Waals surface area contributed by atoms with E-state index in [-0.39, 0.29) is 17.1 Å². The Bertz CT molecular complexity index is 433. The number of rotatable bonds is 3. The van der Waals surface area contributed by atoms with Gasteiger partial charge in [-0.1, -0.05) is 12.1 Å². The Kier molecular flexibility index (Phi) is 4.31. The van der Waals surface area contributed by atoms with E-state index in [0.717, 1.165) is 5.56 Å². The first-order valence-corrected chi connectivity index (χ1v) is 5.66. The molecule has 0 aliphatic rings. The number of carbonyl (C=O) groups is 2. The number of aromatic carboxylic acids is 1. The number of hydrogen-bond acceptors (Lipinski definition) is 2. The standard InChI is InChI=1S/C13H18N2O3/c1-13(2,3)15-12(18)14-8-9-4-6-10(7-5-9)11(16)17/h4-7H,8H2,1-3H3,(H,16,17)(H2,14,15,18). The van der Waals surface area contributed by atoms with Crippen molar-refractivity contribution in [1.29, 1.82) is 0 Å². The van der Waals surface area contributed by atoms with Crippen molar-refractivity contribution in [3.05, 3.63) is 35.4 Å². The van der Waals surface area contributed by atoms with Crippen LogP contribution in [0.25, 0.3) is 0 Å². The van der Waals surface area contributed by atoms with Gasteiger partial charge in [0.25, 0.3) is 0 Å². The Morgan fingerprint density at radius 1 is 1.17 bits per heavy atom. The van der Waals surface area contributed by atoms with Crippen LogP contribution in [0, 0.1) is 0 Å². The Labute approximate surface area is 106 Å². The second-order valence-electron chi connectivity index (χ2n) is 5.06. The van der Waals surface area contributed by atoms with E-state index in [9.17, 15) is 9.59 Å². The molecule has 0 heterocycles. The van der Waals surface area contributed by atoms with Crippen molar-refractivity contribution in [3.8, 4) is 0 Å². The normalized spacial score (nSPS) is 10.8. The number of carboxylic acids is 1. The summed E-state index contributed by atoms with van der Waals surface area (Å²) in [6.07, 6.45) is 0. The number of carbonyl (C=O) groups excluding carboxylic acids is 1. The summed E-state index contributed by atoms with van der Waals surface area (Å²) >= 11 is 0. The Morgan fingerprint density at radius 3 is 2.17 bits per heavy atom. The molecule has 1 aromatic rings. The molecule has 0 saturated carbocycles. The van der Waals surface area contributed by atoms with Crippen molar-refractivity contribution < 1.29 is 14.7 Å². The molecule has 3 N–H and O–H groups in total. The van der Waals surface area contributed by atoms with Gasteiger partial charge < -0.3 is 15.7 Å². The van der Waals surface area contributed by atoms with Crippen molar-refractivity contribution in [2.75, 3.05) is 0 Å². The minimum atomic E-state index is -0.958. The molecule has 98 valence electrons. The highest BCUT2D eigenvalue weighted by Crippen LogP contribution is 2.04. The lowest BCUT2D eigenvalue weighted by Crippen LogP contribution is -2.46. The van der Waals surface area contributed by atoms with Crippen LogP contribution in [0.1, 0.15) is 36.7 Å². The lowest BCUT2D eigenvalue weighted by Gasteiger charge is -2.20. The fraction of sp³-hybridized carbons (Fsp3) is 0.385. The number of nitrogens with one attached hydrogen (secondary N) is 2. The highest BCUT2D eigenvalue weighted by Gasteiger charge is 2.12. The van der Waals surface area contributed by atoms with Gasteiger partial charge in [0.15, 0.2) is 0 Å². The molecule has 0 saturated heterocycles. The average molecular weight is 250 g/mol. The zero-order valence-electron chi connectivity index (χ0n) is 10.8. The molecule has 0 spiro atoms. The van der Waals surface area contributed by atoms with Crippen molar-refractivity contribution in [3.63, 3.8) is 0 Å². The summed E-state index contributed by atoms with van der Waals surface area (Å²) < 4.78 is 0. The summed E-state index contributed by atoms with van der Waals surface area (Å²) in [5.74, 6) is -0.958. The third-order valence-corrected chi connectivity index (χ3v) is 2.14. The topological polar surface area (TPSA) is 78.4 Å². The summed E-state index contributed by atoms with van der Waals surface area (Å²) in [7, 11) is 0. The van der Waals surface area contributed by atoms with Crippen LogP contribution in [0.2, 0.25) is 0 Å². The molecular weight excluding hydrogens is 232 g/mol. The molecule has 1 aromatic carbocycles. The van der Waals surface area contributed by atoms with Gasteiger partial charge in [0, 0.05) is 12.1 Å². The van der Waals surface area contributed by atoms with Crippen LogP contribution < -0.4 is 10.6 Å². The summed E-state index contributed by atoms with van der Waals surface area (Å²) in [6, 6.07) is 6.15. The first-order valence-electron chi connectivity index (χ1n) is 5.66. The molecule has 0 aliphatic heterocycles. The fourth-order valence-corrected chi connectivity index (χ4v) is 1.33. The van der Waals surface area contributed by atoms with Gasteiger partial charge in [-0.15, -0.1) is 0 Å². The van der Waals surface area contributed by atoms with Gasteiger partial charge in [-0.3, -0.25) is 0 Å². The van der Waals surface area contributed by atoms with Crippen LogP contribution in [0.3, 0.4) is 0 Å². The zero-order valence-corrected chi connectivity index (χ0v) is 10.8. The fourth-order valence-electron chi connectivity index (χ4n) is 1.33. The van der Waals surface area contributed by atoms with E-state index in [2.05, 4.69) is 10.6 Å². The smallest absolute Gasteiger partial charge is 0.335 e.